The van der Waals surface area contributed by atoms with Gasteiger partial charge in [-0.1, -0.05) is 56.0 Å². The molecule has 7 heteroatoms. The van der Waals surface area contributed by atoms with Gasteiger partial charge in [0.2, 0.25) is 0 Å². The molecule has 0 bridgehead atoms. The number of hydrogen-bond donors (Lipinski definition) is 0. The Morgan fingerprint density at radius 2 is 1.67 bits per heavy atom. The van der Waals surface area contributed by atoms with Crippen LogP contribution in [0.4, 0.5) is 0 Å². The lowest BCUT2D eigenvalue weighted by molar-refractivity contribution is -0.161. The SMILES string of the molecule is O=C(COC(=O)C1(c2ccccc2)CCC1)N(C1CCCCC1)C1CCS(=O)(=O)C1. The molecule has 2 aliphatic carbocycles. The minimum Gasteiger partial charge on any atom is -0.455 e. The number of hydrogen-bond acceptors (Lipinski definition) is 5. The number of esters is 1. The number of rotatable bonds is 6. The molecule has 1 aromatic carbocycles. The average molecular weight is 434 g/mol. The molecule has 6 nitrogen and oxygen atoms in total. The van der Waals surface area contributed by atoms with Crippen molar-refractivity contribution in [3.05, 3.63) is 35.9 Å². The van der Waals surface area contributed by atoms with E-state index in [-0.39, 0.29) is 42.1 Å². The Hall–Kier alpha value is -1.89. The van der Waals surface area contributed by atoms with Crippen LogP contribution in [-0.2, 0) is 29.6 Å². The molecule has 1 unspecified atom stereocenters. The van der Waals surface area contributed by atoms with E-state index in [1.165, 1.54) is 0 Å². The van der Waals surface area contributed by atoms with Crippen LogP contribution < -0.4 is 0 Å². The van der Waals surface area contributed by atoms with Crippen molar-refractivity contribution in [3.63, 3.8) is 0 Å². The molecule has 3 aliphatic rings. The largest absolute Gasteiger partial charge is 0.455 e. The quantitative estimate of drug-likeness (QED) is 0.644. The van der Waals surface area contributed by atoms with Crippen molar-refractivity contribution in [2.45, 2.75) is 75.3 Å². The van der Waals surface area contributed by atoms with E-state index in [4.69, 9.17) is 4.74 Å². The third kappa shape index (κ3) is 4.27. The summed E-state index contributed by atoms with van der Waals surface area (Å²) in [4.78, 5) is 27.9. The highest BCUT2D eigenvalue weighted by Crippen LogP contribution is 2.44. The van der Waals surface area contributed by atoms with E-state index in [0.717, 1.165) is 56.9 Å². The summed E-state index contributed by atoms with van der Waals surface area (Å²) in [5.41, 5.74) is 0.299. The number of sulfone groups is 1. The summed E-state index contributed by atoms with van der Waals surface area (Å²) in [6.07, 6.45) is 7.94. The van der Waals surface area contributed by atoms with Crippen molar-refractivity contribution in [3.8, 4) is 0 Å². The Labute approximate surface area is 178 Å². The van der Waals surface area contributed by atoms with E-state index < -0.39 is 15.3 Å². The first-order chi connectivity index (χ1) is 14.4. The van der Waals surface area contributed by atoms with Crippen molar-refractivity contribution >= 4 is 21.7 Å². The van der Waals surface area contributed by atoms with Crippen LogP contribution in [0.3, 0.4) is 0 Å². The van der Waals surface area contributed by atoms with Crippen LogP contribution in [0.15, 0.2) is 30.3 Å². The lowest BCUT2D eigenvalue weighted by atomic mass is 9.64. The van der Waals surface area contributed by atoms with E-state index in [1.54, 1.807) is 4.90 Å². The first-order valence-corrected chi connectivity index (χ1v) is 13.0. The van der Waals surface area contributed by atoms with Crippen molar-refractivity contribution in [2.24, 2.45) is 0 Å². The van der Waals surface area contributed by atoms with Gasteiger partial charge >= 0.3 is 5.97 Å². The predicted octanol–water partition coefficient (Wildman–Crippen LogP) is 3.00. The fraction of sp³-hybridized carbons (Fsp3) is 0.652. The van der Waals surface area contributed by atoms with E-state index >= 15 is 0 Å². The number of amides is 1. The summed E-state index contributed by atoms with van der Waals surface area (Å²) >= 11 is 0. The van der Waals surface area contributed by atoms with Gasteiger partial charge in [-0.05, 0) is 37.7 Å². The van der Waals surface area contributed by atoms with E-state index in [2.05, 4.69) is 0 Å². The lowest BCUT2D eigenvalue weighted by Crippen LogP contribution is -2.51. The van der Waals surface area contributed by atoms with Crippen LogP contribution >= 0.6 is 0 Å². The molecular weight excluding hydrogens is 402 g/mol. The Kier molecular flexibility index (Phi) is 6.19. The maximum Gasteiger partial charge on any atom is 0.317 e. The fourth-order valence-electron chi connectivity index (χ4n) is 5.30. The van der Waals surface area contributed by atoms with E-state index in [9.17, 15) is 18.0 Å². The van der Waals surface area contributed by atoms with Gasteiger partial charge in [-0.2, -0.15) is 0 Å². The zero-order chi connectivity index (χ0) is 21.2. The van der Waals surface area contributed by atoms with Gasteiger partial charge < -0.3 is 9.64 Å². The van der Waals surface area contributed by atoms with Crippen molar-refractivity contribution in [1.82, 2.24) is 4.90 Å². The van der Waals surface area contributed by atoms with Crippen LogP contribution in [0, 0.1) is 0 Å². The maximum atomic E-state index is 13.2. The number of benzene rings is 1. The second kappa shape index (κ2) is 8.69. The molecule has 1 heterocycles. The zero-order valence-electron chi connectivity index (χ0n) is 17.4. The molecule has 1 saturated heterocycles. The van der Waals surface area contributed by atoms with Gasteiger partial charge in [0.15, 0.2) is 16.4 Å². The number of nitrogens with zero attached hydrogens (tertiary/aromatic N) is 1. The highest BCUT2D eigenvalue weighted by atomic mass is 32.2. The first-order valence-electron chi connectivity index (χ1n) is 11.2. The smallest absolute Gasteiger partial charge is 0.317 e. The molecule has 1 amide bonds. The van der Waals surface area contributed by atoms with E-state index in [0.29, 0.717) is 6.42 Å². The van der Waals surface area contributed by atoms with Gasteiger partial charge in [0.05, 0.1) is 16.9 Å². The van der Waals surface area contributed by atoms with Gasteiger partial charge in [0.25, 0.3) is 5.91 Å². The normalized spacial score (nSPS) is 25.3. The summed E-state index contributed by atoms with van der Waals surface area (Å²) < 4.78 is 29.6. The number of carbonyl (C=O) groups excluding carboxylic acids is 2. The number of carbonyl (C=O) groups is 2. The second-order valence-corrected chi connectivity index (χ2v) is 11.3. The van der Waals surface area contributed by atoms with Crippen molar-refractivity contribution < 1.29 is 22.7 Å². The molecule has 30 heavy (non-hydrogen) atoms. The van der Waals surface area contributed by atoms with Gasteiger partial charge in [0, 0.05) is 12.1 Å². The van der Waals surface area contributed by atoms with Crippen LogP contribution in [-0.4, -0.2) is 55.4 Å². The number of ether oxygens (including phenoxy) is 1. The third-order valence-electron chi connectivity index (χ3n) is 7.11. The summed E-state index contributed by atoms with van der Waals surface area (Å²) in [7, 11) is -3.10. The molecule has 164 valence electrons. The third-order valence-corrected chi connectivity index (χ3v) is 8.86. The lowest BCUT2D eigenvalue weighted by Gasteiger charge is -2.40. The summed E-state index contributed by atoms with van der Waals surface area (Å²) in [5.74, 6) is -0.432. The Morgan fingerprint density at radius 3 is 2.23 bits per heavy atom. The minimum absolute atomic E-state index is 0.0249. The second-order valence-electron chi connectivity index (χ2n) is 9.03. The van der Waals surface area contributed by atoms with Gasteiger partial charge in [-0.3, -0.25) is 9.59 Å². The van der Waals surface area contributed by atoms with Crippen LogP contribution in [0.25, 0.3) is 0 Å². The molecule has 4 rings (SSSR count). The molecule has 1 atom stereocenters. The van der Waals surface area contributed by atoms with Crippen molar-refractivity contribution in [1.29, 1.82) is 0 Å². The molecule has 0 N–H and O–H groups in total. The predicted molar refractivity (Wildman–Crippen MR) is 114 cm³/mol. The van der Waals surface area contributed by atoms with Crippen molar-refractivity contribution in [2.75, 3.05) is 18.1 Å². The Bertz CT molecular complexity index is 872. The van der Waals surface area contributed by atoms with Gasteiger partial charge in [0.1, 0.15) is 0 Å². The first kappa shape index (κ1) is 21.3. The average Bonchev–Trinajstić information content (AvgIpc) is 3.06. The molecule has 3 fully saturated rings. The monoisotopic (exact) mass is 433 g/mol. The standard InChI is InChI=1S/C23H31NO5S/c25-21(16-29-22(26)23(13-7-14-23)18-8-3-1-4-9-18)24(19-10-5-2-6-11-19)20-12-15-30(27,28)17-20/h1,3-4,8-9,19-20H,2,5-7,10-17H2. The molecule has 0 spiro atoms. The maximum absolute atomic E-state index is 13.2. The minimum atomic E-state index is -3.10. The fourth-order valence-corrected chi connectivity index (χ4v) is 7.01. The van der Waals surface area contributed by atoms with E-state index in [1.807, 2.05) is 30.3 Å². The molecule has 2 saturated carbocycles. The summed E-state index contributed by atoms with van der Waals surface area (Å²) in [6.45, 7) is -0.305. The van der Waals surface area contributed by atoms with Crippen LogP contribution in [0.5, 0.6) is 0 Å². The molecule has 1 aromatic rings. The molecule has 1 aliphatic heterocycles. The molecular formula is C23H31NO5S. The Balaban J connectivity index is 1.45. The van der Waals surface area contributed by atoms with Gasteiger partial charge in [-0.15, -0.1) is 0 Å². The molecule has 0 radical (unpaired) electrons. The topological polar surface area (TPSA) is 80.8 Å². The molecule has 0 aromatic heterocycles. The summed E-state index contributed by atoms with van der Waals surface area (Å²) in [5, 5.41) is 0. The van der Waals surface area contributed by atoms with Crippen LogP contribution in [0.1, 0.15) is 63.4 Å². The highest BCUT2D eigenvalue weighted by Gasteiger charge is 2.47. The van der Waals surface area contributed by atoms with Gasteiger partial charge in [-0.25, -0.2) is 8.42 Å². The Morgan fingerprint density at radius 1 is 0.967 bits per heavy atom. The summed E-state index contributed by atoms with van der Waals surface area (Å²) in [6, 6.07) is 9.40. The highest BCUT2D eigenvalue weighted by molar-refractivity contribution is 7.91. The zero-order valence-corrected chi connectivity index (χ0v) is 18.2. The van der Waals surface area contributed by atoms with Crippen LogP contribution in [0.2, 0.25) is 0 Å².